The van der Waals surface area contributed by atoms with Crippen molar-refractivity contribution in [3.05, 3.63) is 17.5 Å². The molecule has 0 saturated carbocycles. The van der Waals surface area contributed by atoms with E-state index in [9.17, 15) is 9.59 Å². The molecule has 1 aliphatic rings. The van der Waals surface area contributed by atoms with E-state index in [1.807, 2.05) is 38.4 Å². The van der Waals surface area contributed by atoms with Crippen LogP contribution in [0.2, 0.25) is 0 Å². The smallest absolute Gasteiger partial charge is 0.246 e. The normalized spacial score (nSPS) is 23.1. The van der Waals surface area contributed by atoms with Crippen molar-refractivity contribution in [1.29, 1.82) is 0 Å². The Morgan fingerprint density at radius 1 is 1.40 bits per heavy atom. The van der Waals surface area contributed by atoms with Crippen molar-refractivity contribution in [2.75, 3.05) is 6.54 Å². The molecule has 1 aliphatic heterocycles. The zero-order valence-corrected chi connectivity index (χ0v) is 12.6. The highest BCUT2D eigenvalue weighted by Gasteiger charge is 2.44. The second-order valence-electron chi connectivity index (χ2n) is 5.38. The van der Waals surface area contributed by atoms with Crippen LogP contribution < -0.4 is 5.32 Å². The monoisotopic (exact) mass is 278 g/mol. The van der Waals surface area contributed by atoms with Gasteiger partial charge in [-0.1, -0.05) is 6.92 Å². The number of nitrogens with zero attached hydrogens (tertiary/aromatic N) is 3. The van der Waals surface area contributed by atoms with E-state index in [-0.39, 0.29) is 18.4 Å². The van der Waals surface area contributed by atoms with Crippen molar-refractivity contribution >= 4 is 11.8 Å². The third-order valence-electron chi connectivity index (χ3n) is 4.08. The average molecular weight is 278 g/mol. The predicted molar refractivity (Wildman–Crippen MR) is 74.9 cm³/mol. The highest BCUT2D eigenvalue weighted by Crippen LogP contribution is 2.25. The van der Waals surface area contributed by atoms with Gasteiger partial charge in [0.25, 0.3) is 0 Å². The number of aromatic nitrogens is 2. The average Bonchev–Trinajstić information content (AvgIpc) is 2.79. The molecule has 110 valence electrons. The lowest BCUT2D eigenvalue weighted by molar-refractivity contribution is -0.153. The highest BCUT2D eigenvalue weighted by atomic mass is 16.2. The number of carbonyl (C=O) groups excluding carboxylic acids is 2. The molecule has 2 rings (SSSR count). The van der Waals surface area contributed by atoms with Crippen LogP contribution in [0.3, 0.4) is 0 Å². The maximum Gasteiger partial charge on any atom is 0.246 e. The van der Waals surface area contributed by atoms with E-state index in [4.69, 9.17) is 0 Å². The van der Waals surface area contributed by atoms with Crippen LogP contribution in [0.15, 0.2) is 6.07 Å². The summed E-state index contributed by atoms with van der Waals surface area (Å²) in [6.45, 7) is 8.94. The van der Waals surface area contributed by atoms with E-state index in [2.05, 4.69) is 10.4 Å². The van der Waals surface area contributed by atoms with E-state index in [1.165, 1.54) is 0 Å². The van der Waals surface area contributed by atoms with Crippen molar-refractivity contribution in [1.82, 2.24) is 20.0 Å². The van der Waals surface area contributed by atoms with Gasteiger partial charge in [-0.2, -0.15) is 5.10 Å². The Morgan fingerprint density at radius 3 is 2.70 bits per heavy atom. The zero-order valence-electron chi connectivity index (χ0n) is 12.6. The van der Waals surface area contributed by atoms with Crippen LogP contribution in [0.4, 0.5) is 0 Å². The SMILES string of the molecule is CCn1nc(C)cc1CN1C(=O)CNC(=O)C1(C)CC. The second-order valence-corrected chi connectivity index (χ2v) is 5.38. The van der Waals surface area contributed by atoms with Crippen LogP contribution >= 0.6 is 0 Å². The Morgan fingerprint density at radius 2 is 2.10 bits per heavy atom. The summed E-state index contributed by atoms with van der Waals surface area (Å²) in [5, 5.41) is 7.06. The number of amides is 2. The van der Waals surface area contributed by atoms with E-state index in [0.29, 0.717) is 13.0 Å². The third-order valence-corrected chi connectivity index (χ3v) is 4.08. The summed E-state index contributed by atoms with van der Waals surface area (Å²) in [6.07, 6.45) is 0.587. The summed E-state index contributed by atoms with van der Waals surface area (Å²) in [7, 11) is 0. The largest absolute Gasteiger partial charge is 0.345 e. The molecule has 6 heteroatoms. The summed E-state index contributed by atoms with van der Waals surface area (Å²) < 4.78 is 1.88. The fourth-order valence-corrected chi connectivity index (χ4v) is 2.62. The predicted octanol–water partition coefficient (Wildman–Crippen LogP) is 0.839. The van der Waals surface area contributed by atoms with Crippen LogP contribution in [-0.2, 0) is 22.7 Å². The highest BCUT2D eigenvalue weighted by molar-refractivity contribution is 5.97. The number of piperazine rings is 1. The topological polar surface area (TPSA) is 67.2 Å². The lowest BCUT2D eigenvalue weighted by Gasteiger charge is -2.43. The molecule has 20 heavy (non-hydrogen) atoms. The van der Waals surface area contributed by atoms with Gasteiger partial charge in [0.05, 0.1) is 24.5 Å². The molecule has 0 radical (unpaired) electrons. The Bertz CT molecular complexity index is 537. The summed E-state index contributed by atoms with van der Waals surface area (Å²) >= 11 is 0. The van der Waals surface area contributed by atoms with Crippen molar-refractivity contribution in [2.24, 2.45) is 0 Å². The molecule has 1 aromatic heterocycles. The molecule has 1 N–H and O–H groups in total. The molecule has 1 unspecified atom stereocenters. The molecule has 0 aliphatic carbocycles. The van der Waals surface area contributed by atoms with Crippen LogP contribution in [-0.4, -0.2) is 38.6 Å². The Kier molecular flexibility index (Phi) is 3.83. The van der Waals surface area contributed by atoms with Gasteiger partial charge in [0, 0.05) is 6.54 Å². The van der Waals surface area contributed by atoms with E-state index in [0.717, 1.165) is 17.9 Å². The van der Waals surface area contributed by atoms with E-state index >= 15 is 0 Å². The standard InChI is InChI=1S/C14H22N4O2/c1-5-14(4)13(20)15-8-12(19)17(14)9-11-7-10(3)16-18(11)6-2/h7H,5-6,8-9H2,1-4H3,(H,15,20). The quantitative estimate of drug-likeness (QED) is 0.887. The van der Waals surface area contributed by atoms with E-state index < -0.39 is 5.54 Å². The lowest BCUT2D eigenvalue weighted by Crippen LogP contribution is -2.65. The molecule has 1 fully saturated rings. The van der Waals surface area contributed by atoms with Crippen LogP contribution in [0.25, 0.3) is 0 Å². The molecule has 0 spiro atoms. The Balaban J connectivity index is 2.33. The first-order valence-corrected chi connectivity index (χ1v) is 7.04. The van der Waals surface area contributed by atoms with Gasteiger partial charge in [-0.15, -0.1) is 0 Å². The molecule has 1 atom stereocenters. The molecule has 2 amide bonds. The van der Waals surface area contributed by atoms with Crippen LogP contribution in [0.5, 0.6) is 0 Å². The molecular formula is C14H22N4O2. The number of hydrogen-bond acceptors (Lipinski definition) is 3. The van der Waals surface area contributed by atoms with Gasteiger partial charge in [-0.3, -0.25) is 14.3 Å². The van der Waals surface area contributed by atoms with Gasteiger partial charge in [0.15, 0.2) is 0 Å². The first kappa shape index (κ1) is 14.6. The molecule has 1 aromatic rings. The van der Waals surface area contributed by atoms with Crippen LogP contribution in [0.1, 0.15) is 38.6 Å². The van der Waals surface area contributed by atoms with Gasteiger partial charge < -0.3 is 10.2 Å². The van der Waals surface area contributed by atoms with Gasteiger partial charge in [0.1, 0.15) is 5.54 Å². The molecule has 0 aromatic carbocycles. The van der Waals surface area contributed by atoms with Crippen molar-refractivity contribution < 1.29 is 9.59 Å². The maximum atomic E-state index is 12.2. The number of rotatable bonds is 4. The zero-order chi connectivity index (χ0) is 14.9. The van der Waals surface area contributed by atoms with Crippen molar-refractivity contribution in [3.63, 3.8) is 0 Å². The second kappa shape index (κ2) is 5.26. The van der Waals surface area contributed by atoms with Crippen molar-refractivity contribution in [2.45, 2.75) is 52.7 Å². The van der Waals surface area contributed by atoms with Gasteiger partial charge in [0.2, 0.25) is 11.8 Å². The first-order valence-electron chi connectivity index (χ1n) is 7.04. The first-order chi connectivity index (χ1) is 9.42. The Hall–Kier alpha value is -1.85. The summed E-state index contributed by atoms with van der Waals surface area (Å²) in [5.41, 5.74) is 1.10. The minimum absolute atomic E-state index is 0.0459. The number of carbonyl (C=O) groups is 2. The van der Waals surface area contributed by atoms with Crippen LogP contribution in [0, 0.1) is 6.92 Å². The fourth-order valence-electron chi connectivity index (χ4n) is 2.62. The molecule has 6 nitrogen and oxygen atoms in total. The fraction of sp³-hybridized carbons (Fsp3) is 0.643. The molecule has 0 bridgehead atoms. The summed E-state index contributed by atoms with van der Waals surface area (Å²) in [4.78, 5) is 26.0. The van der Waals surface area contributed by atoms with Gasteiger partial charge in [-0.05, 0) is 33.3 Å². The Labute approximate surface area is 119 Å². The van der Waals surface area contributed by atoms with Gasteiger partial charge >= 0.3 is 0 Å². The number of aryl methyl sites for hydroxylation is 2. The molecular weight excluding hydrogens is 256 g/mol. The third kappa shape index (κ3) is 2.30. The number of nitrogens with one attached hydrogen (secondary N) is 1. The maximum absolute atomic E-state index is 12.2. The minimum atomic E-state index is -0.786. The lowest BCUT2D eigenvalue weighted by atomic mass is 9.92. The molecule has 2 heterocycles. The minimum Gasteiger partial charge on any atom is -0.345 e. The molecule has 1 saturated heterocycles. The summed E-state index contributed by atoms with van der Waals surface area (Å²) in [5.74, 6) is -0.130. The van der Waals surface area contributed by atoms with E-state index in [1.54, 1.807) is 4.90 Å². The number of hydrogen-bond donors (Lipinski definition) is 1. The van der Waals surface area contributed by atoms with Gasteiger partial charge in [-0.25, -0.2) is 0 Å². The summed E-state index contributed by atoms with van der Waals surface area (Å²) in [6, 6.07) is 1.97. The van der Waals surface area contributed by atoms with Crippen molar-refractivity contribution in [3.8, 4) is 0 Å².